The van der Waals surface area contributed by atoms with E-state index in [4.69, 9.17) is 0 Å². The normalized spacial score (nSPS) is 14.7. The maximum Gasteiger partial charge on any atom is 0.272 e. The van der Waals surface area contributed by atoms with E-state index in [1.54, 1.807) is 6.07 Å². The van der Waals surface area contributed by atoms with Gasteiger partial charge in [0.15, 0.2) is 0 Å². The summed E-state index contributed by atoms with van der Waals surface area (Å²) in [5, 5.41) is 3.19. The van der Waals surface area contributed by atoms with Crippen molar-refractivity contribution in [3.05, 3.63) is 46.8 Å². The van der Waals surface area contributed by atoms with E-state index >= 15 is 0 Å². The van der Waals surface area contributed by atoms with Gasteiger partial charge in [-0.1, -0.05) is 15.9 Å². The van der Waals surface area contributed by atoms with Crippen LogP contribution in [0.25, 0.3) is 0 Å². The van der Waals surface area contributed by atoms with Gasteiger partial charge in [0.05, 0.1) is 0 Å². The Labute approximate surface area is 137 Å². The smallest absolute Gasteiger partial charge is 0.272 e. The molecule has 1 N–H and O–H groups in total. The van der Waals surface area contributed by atoms with Crippen molar-refractivity contribution in [1.29, 1.82) is 0 Å². The van der Waals surface area contributed by atoms with Crippen molar-refractivity contribution in [2.24, 2.45) is 0 Å². The van der Waals surface area contributed by atoms with Crippen molar-refractivity contribution in [1.82, 2.24) is 14.9 Å². The van der Waals surface area contributed by atoms with Gasteiger partial charge < -0.3 is 10.2 Å². The Hall–Kier alpha value is -1.95. The lowest BCUT2D eigenvalue weighted by molar-refractivity contribution is 0.0718. The zero-order chi connectivity index (χ0) is 15.4. The van der Waals surface area contributed by atoms with Crippen LogP contribution in [0.1, 0.15) is 29.8 Å². The summed E-state index contributed by atoms with van der Waals surface area (Å²) in [5.74, 6) is 0.610. The van der Waals surface area contributed by atoms with Crippen LogP contribution in [-0.4, -0.2) is 33.9 Å². The fourth-order valence-electron chi connectivity index (χ4n) is 2.48. The maximum absolute atomic E-state index is 12.5. The lowest BCUT2D eigenvalue weighted by atomic mass is 10.1. The fraction of sp³-hybridized carbons (Fsp3) is 0.312. The number of benzene rings is 1. The van der Waals surface area contributed by atoms with Gasteiger partial charge >= 0.3 is 0 Å². The van der Waals surface area contributed by atoms with Crippen LogP contribution >= 0.6 is 15.9 Å². The molecule has 22 heavy (non-hydrogen) atoms. The molecule has 0 bridgehead atoms. The second kappa shape index (κ2) is 6.87. The van der Waals surface area contributed by atoms with Crippen molar-refractivity contribution in [2.75, 3.05) is 18.4 Å². The van der Waals surface area contributed by atoms with E-state index in [2.05, 4.69) is 31.2 Å². The summed E-state index contributed by atoms with van der Waals surface area (Å²) in [7, 11) is 0. The number of anilines is 2. The zero-order valence-electron chi connectivity index (χ0n) is 12.1. The minimum Gasteiger partial charge on any atom is -0.340 e. The lowest BCUT2D eigenvalue weighted by Crippen LogP contribution is -2.36. The third kappa shape index (κ3) is 3.62. The van der Waals surface area contributed by atoms with Gasteiger partial charge in [0.25, 0.3) is 5.91 Å². The number of likely N-dealkylation sites (tertiary alicyclic amines) is 1. The minimum atomic E-state index is -0.0130. The summed E-state index contributed by atoms with van der Waals surface area (Å²) < 4.78 is 1.02. The number of rotatable bonds is 3. The molecule has 0 radical (unpaired) electrons. The largest absolute Gasteiger partial charge is 0.340 e. The molecule has 1 aliphatic rings. The molecule has 2 heterocycles. The highest BCUT2D eigenvalue weighted by Gasteiger charge is 2.19. The standard InChI is InChI=1S/C16H17BrN4O/c17-12-4-6-13(7-5-12)20-15-10-14(18-11-19-15)16(22)21-8-2-1-3-9-21/h4-7,10-11H,1-3,8-9H2,(H,18,19,20). The van der Waals surface area contributed by atoms with Gasteiger partial charge in [-0.2, -0.15) is 0 Å². The molecule has 0 aliphatic carbocycles. The number of hydrogen-bond acceptors (Lipinski definition) is 4. The lowest BCUT2D eigenvalue weighted by Gasteiger charge is -2.26. The zero-order valence-corrected chi connectivity index (χ0v) is 13.7. The molecule has 0 spiro atoms. The van der Waals surface area contributed by atoms with Crippen LogP contribution in [0.3, 0.4) is 0 Å². The van der Waals surface area contributed by atoms with Crippen LogP contribution in [0.2, 0.25) is 0 Å². The Morgan fingerprint density at radius 2 is 1.82 bits per heavy atom. The molecule has 5 nitrogen and oxygen atoms in total. The highest BCUT2D eigenvalue weighted by molar-refractivity contribution is 9.10. The second-order valence-electron chi connectivity index (χ2n) is 5.27. The van der Waals surface area contributed by atoms with Gasteiger partial charge in [0, 0.05) is 29.3 Å². The van der Waals surface area contributed by atoms with E-state index in [-0.39, 0.29) is 5.91 Å². The molecular formula is C16H17BrN4O. The predicted octanol–water partition coefficient (Wildman–Crippen LogP) is 3.61. The quantitative estimate of drug-likeness (QED) is 0.908. The van der Waals surface area contributed by atoms with E-state index in [1.165, 1.54) is 12.7 Å². The molecule has 1 amide bonds. The number of nitrogens with zero attached hydrogens (tertiary/aromatic N) is 3. The Kier molecular flexibility index (Phi) is 4.68. The Bertz CT molecular complexity index is 653. The molecule has 0 unspecified atom stereocenters. The van der Waals surface area contributed by atoms with Crippen LogP contribution in [0.5, 0.6) is 0 Å². The van der Waals surface area contributed by atoms with Gasteiger partial charge in [-0.3, -0.25) is 4.79 Å². The average Bonchev–Trinajstić information content (AvgIpc) is 2.57. The second-order valence-corrected chi connectivity index (χ2v) is 6.19. The molecule has 1 fully saturated rings. The highest BCUT2D eigenvalue weighted by atomic mass is 79.9. The Morgan fingerprint density at radius 1 is 1.09 bits per heavy atom. The van der Waals surface area contributed by atoms with Crippen LogP contribution in [-0.2, 0) is 0 Å². The van der Waals surface area contributed by atoms with E-state index in [1.807, 2.05) is 29.2 Å². The third-order valence-corrected chi connectivity index (χ3v) is 4.17. The monoisotopic (exact) mass is 360 g/mol. The summed E-state index contributed by atoms with van der Waals surface area (Å²) in [6.07, 6.45) is 4.77. The van der Waals surface area contributed by atoms with Crippen molar-refractivity contribution in [3.8, 4) is 0 Å². The van der Waals surface area contributed by atoms with Crippen molar-refractivity contribution < 1.29 is 4.79 Å². The number of halogens is 1. The van der Waals surface area contributed by atoms with Crippen LogP contribution < -0.4 is 5.32 Å². The fourth-order valence-corrected chi connectivity index (χ4v) is 2.75. The molecule has 3 rings (SSSR count). The van der Waals surface area contributed by atoms with Crippen molar-refractivity contribution >= 4 is 33.3 Å². The van der Waals surface area contributed by atoms with Crippen LogP contribution in [0, 0.1) is 0 Å². The first-order valence-electron chi connectivity index (χ1n) is 7.36. The number of carbonyl (C=O) groups is 1. The number of nitrogens with one attached hydrogen (secondary N) is 1. The molecule has 2 aromatic rings. The SMILES string of the molecule is O=C(c1cc(Nc2ccc(Br)cc2)ncn1)N1CCCCC1. The first kappa shape index (κ1) is 15.0. The van der Waals surface area contributed by atoms with Crippen molar-refractivity contribution in [3.63, 3.8) is 0 Å². The van der Waals surface area contributed by atoms with Crippen molar-refractivity contribution in [2.45, 2.75) is 19.3 Å². The minimum absolute atomic E-state index is 0.0130. The van der Waals surface area contributed by atoms with E-state index in [0.29, 0.717) is 11.5 Å². The molecule has 1 aliphatic heterocycles. The molecular weight excluding hydrogens is 344 g/mol. The first-order chi connectivity index (χ1) is 10.7. The van der Waals surface area contributed by atoms with E-state index in [9.17, 15) is 4.79 Å². The van der Waals surface area contributed by atoms with E-state index in [0.717, 1.165) is 36.1 Å². The summed E-state index contributed by atoms with van der Waals surface area (Å²) in [5.41, 5.74) is 1.36. The van der Waals surface area contributed by atoms with Gasteiger partial charge in [-0.05, 0) is 43.5 Å². The molecule has 0 atom stereocenters. The average molecular weight is 361 g/mol. The van der Waals surface area contributed by atoms with Crippen LogP contribution in [0.15, 0.2) is 41.1 Å². The topological polar surface area (TPSA) is 58.1 Å². The van der Waals surface area contributed by atoms with Gasteiger partial charge in [0.1, 0.15) is 17.8 Å². The first-order valence-corrected chi connectivity index (χ1v) is 8.15. The Balaban J connectivity index is 1.74. The molecule has 114 valence electrons. The highest BCUT2D eigenvalue weighted by Crippen LogP contribution is 2.19. The summed E-state index contributed by atoms with van der Waals surface area (Å²) in [6.45, 7) is 1.64. The van der Waals surface area contributed by atoms with Gasteiger partial charge in [-0.15, -0.1) is 0 Å². The summed E-state index contributed by atoms with van der Waals surface area (Å²) >= 11 is 3.40. The maximum atomic E-state index is 12.5. The van der Waals surface area contributed by atoms with Gasteiger partial charge in [0.2, 0.25) is 0 Å². The molecule has 1 aromatic carbocycles. The molecule has 6 heteroatoms. The van der Waals surface area contributed by atoms with E-state index < -0.39 is 0 Å². The molecule has 1 saturated heterocycles. The number of amides is 1. The molecule has 1 aromatic heterocycles. The number of hydrogen-bond donors (Lipinski definition) is 1. The number of aromatic nitrogens is 2. The molecule has 0 saturated carbocycles. The third-order valence-electron chi connectivity index (χ3n) is 3.65. The van der Waals surface area contributed by atoms with Crippen LogP contribution in [0.4, 0.5) is 11.5 Å². The van der Waals surface area contributed by atoms with Gasteiger partial charge in [-0.25, -0.2) is 9.97 Å². The number of carbonyl (C=O) groups excluding carboxylic acids is 1. The summed E-state index contributed by atoms with van der Waals surface area (Å²) in [6, 6.07) is 9.49. The predicted molar refractivity (Wildman–Crippen MR) is 89.2 cm³/mol. The summed E-state index contributed by atoms with van der Waals surface area (Å²) in [4.78, 5) is 22.6. The number of piperidine rings is 1. The Morgan fingerprint density at radius 3 is 2.55 bits per heavy atom.